The van der Waals surface area contributed by atoms with Crippen molar-refractivity contribution in [2.24, 2.45) is 0 Å². The average Bonchev–Trinajstić information content (AvgIpc) is 2.39. The van der Waals surface area contributed by atoms with Crippen molar-refractivity contribution < 1.29 is 5.11 Å². The summed E-state index contributed by atoms with van der Waals surface area (Å²) in [5.41, 5.74) is 2.83. The van der Waals surface area contributed by atoms with Crippen molar-refractivity contribution in [3.05, 3.63) is 60.7 Å². The van der Waals surface area contributed by atoms with Crippen LogP contribution in [0, 0.1) is 0 Å². The zero-order chi connectivity index (χ0) is 11.7. The van der Waals surface area contributed by atoms with Gasteiger partial charge in [0.05, 0.1) is 11.2 Å². The molecule has 0 saturated heterocycles. The maximum absolute atomic E-state index is 11.0. The fourth-order valence-electron chi connectivity index (χ4n) is 1.85. The second kappa shape index (κ2) is 3.91. The third-order valence-corrected chi connectivity index (χ3v) is 2.75. The van der Waals surface area contributed by atoms with Crippen molar-refractivity contribution >= 4 is 10.9 Å². The lowest BCUT2D eigenvalue weighted by atomic mass is 10.1. The highest BCUT2D eigenvalue weighted by atomic mass is 16.3. The van der Waals surface area contributed by atoms with Crippen molar-refractivity contribution in [3.63, 3.8) is 0 Å². The van der Waals surface area contributed by atoms with Crippen molar-refractivity contribution in [1.82, 2.24) is 4.98 Å². The summed E-state index contributed by atoms with van der Waals surface area (Å²) in [6, 6.07) is 18.7. The second-order valence-electron chi connectivity index (χ2n) is 3.91. The number of para-hydroxylation sites is 1. The highest BCUT2D eigenvalue weighted by Crippen LogP contribution is 2.22. The van der Waals surface area contributed by atoms with Crippen molar-refractivity contribution in [2.75, 3.05) is 0 Å². The number of nitrogens with zero attached hydrogens (tertiary/aromatic N) is 1. The number of hydrogen-bond donors (Lipinski definition) is 0. The Bertz CT molecular complexity index is 659. The van der Waals surface area contributed by atoms with Crippen LogP contribution in [0.5, 0.6) is 5.75 Å². The standard InChI is InChI=1S/C15H10NO/c17-13-8-5-12(6-9-13)15-10-7-11-3-1-2-4-14(11)16-15/h1-10H. The Hall–Kier alpha value is -2.35. The maximum Gasteiger partial charge on any atom is 0.178 e. The molecule has 0 aliphatic heterocycles. The van der Waals surface area contributed by atoms with E-state index in [0.717, 1.165) is 22.2 Å². The van der Waals surface area contributed by atoms with Crippen LogP contribution in [-0.4, -0.2) is 4.98 Å². The molecule has 0 atom stereocenters. The average molecular weight is 220 g/mol. The first-order valence-electron chi connectivity index (χ1n) is 5.46. The molecule has 0 bridgehead atoms. The second-order valence-corrected chi connectivity index (χ2v) is 3.91. The van der Waals surface area contributed by atoms with Crippen LogP contribution in [0.2, 0.25) is 0 Å². The van der Waals surface area contributed by atoms with Gasteiger partial charge in [0.25, 0.3) is 0 Å². The summed E-state index contributed by atoms with van der Waals surface area (Å²) in [7, 11) is 0. The van der Waals surface area contributed by atoms with E-state index in [2.05, 4.69) is 4.98 Å². The Morgan fingerprint density at radius 2 is 1.53 bits per heavy atom. The number of pyridine rings is 1. The highest BCUT2D eigenvalue weighted by molar-refractivity contribution is 5.81. The van der Waals surface area contributed by atoms with Gasteiger partial charge in [-0.3, -0.25) is 5.11 Å². The van der Waals surface area contributed by atoms with Crippen LogP contribution in [0.25, 0.3) is 22.2 Å². The molecule has 2 heteroatoms. The normalized spacial score (nSPS) is 10.6. The van der Waals surface area contributed by atoms with E-state index in [1.807, 2.05) is 36.4 Å². The summed E-state index contributed by atoms with van der Waals surface area (Å²) >= 11 is 0. The van der Waals surface area contributed by atoms with E-state index in [1.54, 1.807) is 24.3 Å². The van der Waals surface area contributed by atoms with Gasteiger partial charge in [-0.2, -0.15) is 0 Å². The van der Waals surface area contributed by atoms with E-state index in [1.165, 1.54) is 0 Å². The van der Waals surface area contributed by atoms with Gasteiger partial charge in [-0.15, -0.1) is 0 Å². The van der Waals surface area contributed by atoms with Gasteiger partial charge in [-0.1, -0.05) is 24.3 Å². The predicted molar refractivity (Wildman–Crippen MR) is 67.3 cm³/mol. The predicted octanol–water partition coefficient (Wildman–Crippen LogP) is 4.05. The molecule has 2 aromatic carbocycles. The van der Waals surface area contributed by atoms with Gasteiger partial charge in [0.2, 0.25) is 0 Å². The Morgan fingerprint density at radius 1 is 0.765 bits per heavy atom. The van der Waals surface area contributed by atoms with Gasteiger partial charge in [0, 0.05) is 10.9 Å². The molecule has 3 aromatic rings. The lowest BCUT2D eigenvalue weighted by molar-refractivity contribution is 0.355. The first-order chi connectivity index (χ1) is 8.33. The molecule has 0 N–H and O–H groups in total. The van der Waals surface area contributed by atoms with Gasteiger partial charge in [0.1, 0.15) is 0 Å². The molecule has 0 aliphatic rings. The number of rotatable bonds is 1. The Kier molecular flexibility index (Phi) is 2.26. The summed E-state index contributed by atoms with van der Waals surface area (Å²) in [5.74, 6) is 0.0227. The van der Waals surface area contributed by atoms with Crippen LogP contribution in [0.4, 0.5) is 0 Å². The molecule has 1 aromatic heterocycles. The third-order valence-electron chi connectivity index (χ3n) is 2.75. The molecule has 0 amide bonds. The molecule has 3 rings (SSSR count). The number of fused-ring (bicyclic) bond motifs is 1. The SMILES string of the molecule is [O]c1ccc(-c2ccc3ccccc3n2)cc1. The van der Waals surface area contributed by atoms with Gasteiger partial charge >= 0.3 is 0 Å². The fourth-order valence-corrected chi connectivity index (χ4v) is 1.85. The lowest BCUT2D eigenvalue weighted by Gasteiger charge is -2.02. The molecule has 1 heterocycles. The zero-order valence-electron chi connectivity index (χ0n) is 9.13. The molecule has 0 spiro atoms. The topological polar surface area (TPSA) is 32.8 Å². The summed E-state index contributed by atoms with van der Waals surface area (Å²) in [4.78, 5) is 4.57. The van der Waals surface area contributed by atoms with E-state index in [-0.39, 0.29) is 5.75 Å². The first-order valence-corrected chi connectivity index (χ1v) is 5.46. The first kappa shape index (κ1) is 9.85. The monoisotopic (exact) mass is 220 g/mol. The van der Waals surface area contributed by atoms with E-state index >= 15 is 0 Å². The highest BCUT2D eigenvalue weighted by Gasteiger charge is 2.01. The Labute approximate surface area is 99.2 Å². The number of benzene rings is 2. The fraction of sp³-hybridized carbons (Fsp3) is 0. The van der Waals surface area contributed by atoms with Crippen LogP contribution >= 0.6 is 0 Å². The molecule has 0 aliphatic carbocycles. The van der Waals surface area contributed by atoms with E-state index in [4.69, 9.17) is 0 Å². The van der Waals surface area contributed by atoms with Crippen LogP contribution in [0.1, 0.15) is 0 Å². The third kappa shape index (κ3) is 1.85. The molecular formula is C15H10NO. The van der Waals surface area contributed by atoms with Crippen LogP contribution in [-0.2, 0) is 5.11 Å². The van der Waals surface area contributed by atoms with E-state index < -0.39 is 0 Å². The lowest BCUT2D eigenvalue weighted by Crippen LogP contribution is -1.84. The molecule has 17 heavy (non-hydrogen) atoms. The minimum absolute atomic E-state index is 0.0227. The van der Waals surface area contributed by atoms with Gasteiger partial charge in [-0.25, -0.2) is 4.98 Å². The Morgan fingerprint density at radius 3 is 2.35 bits per heavy atom. The van der Waals surface area contributed by atoms with Crippen molar-refractivity contribution in [2.45, 2.75) is 0 Å². The maximum atomic E-state index is 11.0. The van der Waals surface area contributed by atoms with E-state index in [0.29, 0.717) is 0 Å². The molecule has 0 fully saturated rings. The summed E-state index contributed by atoms with van der Waals surface area (Å²) < 4.78 is 0. The minimum Gasteiger partial charge on any atom is -0.290 e. The number of aromatic nitrogens is 1. The molecule has 1 radical (unpaired) electrons. The Balaban J connectivity index is 2.14. The quantitative estimate of drug-likeness (QED) is 0.609. The smallest absolute Gasteiger partial charge is 0.178 e. The van der Waals surface area contributed by atoms with Crippen LogP contribution in [0.3, 0.4) is 0 Å². The van der Waals surface area contributed by atoms with Gasteiger partial charge < -0.3 is 0 Å². The largest absolute Gasteiger partial charge is 0.290 e. The van der Waals surface area contributed by atoms with Crippen molar-refractivity contribution in [3.8, 4) is 17.0 Å². The number of hydrogen-bond acceptors (Lipinski definition) is 1. The molecule has 2 nitrogen and oxygen atoms in total. The minimum atomic E-state index is 0.0227. The molecular weight excluding hydrogens is 210 g/mol. The molecule has 0 unspecified atom stereocenters. The van der Waals surface area contributed by atoms with Crippen LogP contribution in [0.15, 0.2) is 60.7 Å². The van der Waals surface area contributed by atoms with Crippen LogP contribution < -0.4 is 0 Å². The van der Waals surface area contributed by atoms with Gasteiger partial charge in [0.15, 0.2) is 5.75 Å². The van der Waals surface area contributed by atoms with Gasteiger partial charge in [-0.05, 0) is 36.4 Å². The van der Waals surface area contributed by atoms with Crippen molar-refractivity contribution in [1.29, 1.82) is 0 Å². The molecule has 81 valence electrons. The summed E-state index contributed by atoms with van der Waals surface area (Å²) in [5, 5.41) is 12.2. The summed E-state index contributed by atoms with van der Waals surface area (Å²) in [6.07, 6.45) is 0. The van der Waals surface area contributed by atoms with E-state index in [9.17, 15) is 5.11 Å². The molecule has 0 saturated carbocycles. The zero-order valence-corrected chi connectivity index (χ0v) is 9.13. The summed E-state index contributed by atoms with van der Waals surface area (Å²) in [6.45, 7) is 0.